The van der Waals surface area contributed by atoms with Gasteiger partial charge < -0.3 is 0 Å². The van der Waals surface area contributed by atoms with Crippen LogP contribution in [-0.4, -0.2) is 0 Å². The third kappa shape index (κ3) is 4.15. The Morgan fingerprint density at radius 2 is 1.06 bits per heavy atom. The zero-order valence-electron chi connectivity index (χ0n) is 13.5. The van der Waals surface area contributed by atoms with E-state index in [2.05, 4.69) is 68.2 Å². The molecule has 18 heavy (non-hydrogen) atoms. The first-order valence-electron chi connectivity index (χ1n) is 7.07. The Morgan fingerprint density at radius 3 is 1.28 bits per heavy atom. The summed E-state index contributed by atoms with van der Waals surface area (Å²) in [6.07, 6.45) is 0. The first-order valence-corrected chi connectivity index (χ1v) is 7.07. The average molecular weight is 248 g/mol. The van der Waals surface area contributed by atoms with E-state index in [0.717, 1.165) is 0 Å². The summed E-state index contributed by atoms with van der Waals surface area (Å²) in [5, 5.41) is 0. The molecule has 0 amide bonds. The number of rotatable bonds is 7. The highest BCUT2D eigenvalue weighted by molar-refractivity contribution is 5.16. The van der Waals surface area contributed by atoms with Crippen LogP contribution in [0.5, 0.6) is 0 Å². The Bertz CT molecular complexity index is 319. The molecule has 0 nitrogen and oxygen atoms in total. The fourth-order valence-corrected chi connectivity index (χ4v) is 2.85. The summed E-state index contributed by atoms with van der Waals surface area (Å²) in [6.45, 7) is 28.2. The van der Waals surface area contributed by atoms with Gasteiger partial charge in [0.2, 0.25) is 0 Å². The second-order valence-corrected chi connectivity index (χ2v) is 6.48. The van der Waals surface area contributed by atoms with Gasteiger partial charge in [-0.2, -0.15) is 0 Å². The third-order valence-electron chi connectivity index (χ3n) is 4.46. The van der Waals surface area contributed by atoms with Crippen molar-refractivity contribution in [3.05, 3.63) is 36.5 Å². The average Bonchev–Trinajstić information content (AvgIpc) is 2.22. The molecule has 0 spiro atoms. The van der Waals surface area contributed by atoms with Gasteiger partial charge in [0.25, 0.3) is 0 Å². The Kier molecular flexibility index (Phi) is 6.67. The summed E-state index contributed by atoms with van der Waals surface area (Å²) in [4.78, 5) is 0. The lowest BCUT2D eigenvalue weighted by Crippen LogP contribution is -2.31. The third-order valence-corrected chi connectivity index (χ3v) is 4.46. The van der Waals surface area contributed by atoms with E-state index in [0.29, 0.717) is 29.6 Å². The van der Waals surface area contributed by atoms with Gasteiger partial charge >= 0.3 is 0 Å². The van der Waals surface area contributed by atoms with E-state index >= 15 is 0 Å². The van der Waals surface area contributed by atoms with Crippen LogP contribution in [0.25, 0.3) is 0 Å². The minimum Gasteiger partial charge on any atom is -0.0998 e. The quantitative estimate of drug-likeness (QED) is 0.494. The van der Waals surface area contributed by atoms with Gasteiger partial charge in [-0.1, -0.05) is 64.2 Å². The van der Waals surface area contributed by atoms with E-state index in [1.165, 1.54) is 16.7 Å². The molecular weight excluding hydrogens is 216 g/mol. The van der Waals surface area contributed by atoms with Crippen molar-refractivity contribution in [1.82, 2.24) is 0 Å². The van der Waals surface area contributed by atoms with E-state index < -0.39 is 0 Å². The number of allylic oxidation sites excluding steroid dienone is 3. The minimum atomic E-state index is 0.456. The van der Waals surface area contributed by atoms with Crippen molar-refractivity contribution in [1.29, 1.82) is 0 Å². The first kappa shape index (κ1) is 17.2. The van der Waals surface area contributed by atoms with Crippen LogP contribution in [0.3, 0.4) is 0 Å². The van der Waals surface area contributed by atoms with Crippen molar-refractivity contribution in [2.24, 2.45) is 29.6 Å². The van der Waals surface area contributed by atoms with E-state index in [4.69, 9.17) is 0 Å². The van der Waals surface area contributed by atoms with Crippen LogP contribution in [0.15, 0.2) is 36.5 Å². The molecule has 0 radical (unpaired) electrons. The molecule has 0 saturated carbocycles. The molecule has 0 fully saturated rings. The lowest BCUT2D eigenvalue weighted by atomic mass is 9.66. The highest BCUT2D eigenvalue weighted by atomic mass is 14.4. The standard InChI is InChI=1S/C18H32/c1-11(2)15(9)17(13(5)6)18(14(7)8)16(10)12(3)4/h12,15-18H,1,5,7H2,2-4,6,8-10H3. The van der Waals surface area contributed by atoms with Crippen LogP contribution in [0, 0.1) is 29.6 Å². The molecule has 0 bridgehead atoms. The van der Waals surface area contributed by atoms with Gasteiger partial charge in [-0.05, 0) is 50.4 Å². The predicted molar refractivity (Wildman–Crippen MR) is 84.6 cm³/mol. The highest BCUT2D eigenvalue weighted by Gasteiger charge is 2.33. The maximum Gasteiger partial charge on any atom is -0.00778 e. The Morgan fingerprint density at radius 1 is 0.667 bits per heavy atom. The fraction of sp³-hybridized carbons (Fsp3) is 0.667. The molecule has 0 aliphatic heterocycles. The highest BCUT2D eigenvalue weighted by Crippen LogP contribution is 2.41. The van der Waals surface area contributed by atoms with Crippen LogP contribution < -0.4 is 0 Å². The molecule has 0 aliphatic rings. The molecule has 0 N–H and O–H groups in total. The first-order chi connectivity index (χ1) is 8.11. The van der Waals surface area contributed by atoms with Gasteiger partial charge in [-0.3, -0.25) is 0 Å². The molecule has 0 rings (SSSR count). The molecule has 0 aromatic carbocycles. The van der Waals surface area contributed by atoms with E-state index in [1.807, 2.05) is 0 Å². The summed E-state index contributed by atoms with van der Waals surface area (Å²) >= 11 is 0. The summed E-state index contributed by atoms with van der Waals surface area (Å²) < 4.78 is 0. The van der Waals surface area contributed by atoms with Crippen molar-refractivity contribution in [2.45, 2.75) is 48.5 Å². The summed E-state index contributed by atoms with van der Waals surface area (Å²) in [7, 11) is 0. The lowest BCUT2D eigenvalue weighted by Gasteiger charge is -2.38. The van der Waals surface area contributed by atoms with Gasteiger partial charge in [0.1, 0.15) is 0 Å². The monoisotopic (exact) mass is 248 g/mol. The zero-order chi connectivity index (χ0) is 14.6. The van der Waals surface area contributed by atoms with Gasteiger partial charge in [0.15, 0.2) is 0 Å². The number of hydrogen-bond donors (Lipinski definition) is 0. The van der Waals surface area contributed by atoms with Crippen LogP contribution >= 0.6 is 0 Å². The van der Waals surface area contributed by atoms with Gasteiger partial charge in [0, 0.05) is 0 Å². The van der Waals surface area contributed by atoms with Gasteiger partial charge in [-0.25, -0.2) is 0 Å². The zero-order valence-corrected chi connectivity index (χ0v) is 13.5. The topological polar surface area (TPSA) is 0 Å². The second kappa shape index (κ2) is 6.97. The molecule has 0 aliphatic carbocycles. The minimum absolute atomic E-state index is 0.456. The normalized spacial score (nSPS) is 18.0. The Balaban J connectivity index is 5.45. The second-order valence-electron chi connectivity index (χ2n) is 6.48. The molecule has 0 aromatic rings. The largest absolute Gasteiger partial charge is 0.0998 e. The van der Waals surface area contributed by atoms with Crippen molar-refractivity contribution in [3.8, 4) is 0 Å². The van der Waals surface area contributed by atoms with Crippen molar-refractivity contribution < 1.29 is 0 Å². The molecule has 104 valence electrons. The molecular formula is C18H32. The molecule has 0 saturated heterocycles. The van der Waals surface area contributed by atoms with E-state index in [1.54, 1.807) is 0 Å². The van der Waals surface area contributed by atoms with E-state index in [-0.39, 0.29) is 0 Å². The summed E-state index contributed by atoms with van der Waals surface area (Å²) in [5.41, 5.74) is 3.77. The number of hydrogen-bond acceptors (Lipinski definition) is 0. The molecule has 0 heteroatoms. The molecule has 0 aromatic heterocycles. The van der Waals surface area contributed by atoms with Gasteiger partial charge in [0.05, 0.1) is 0 Å². The maximum absolute atomic E-state index is 4.23. The summed E-state index contributed by atoms with van der Waals surface area (Å²) in [6, 6.07) is 0. The molecule has 4 atom stereocenters. The van der Waals surface area contributed by atoms with Gasteiger partial charge in [-0.15, -0.1) is 0 Å². The van der Waals surface area contributed by atoms with Crippen LogP contribution in [-0.2, 0) is 0 Å². The summed E-state index contributed by atoms with van der Waals surface area (Å²) in [5.74, 6) is 2.69. The van der Waals surface area contributed by atoms with Crippen molar-refractivity contribution in [2.75, 3.05) is 0 Å². The van der Waals surface area contributed by atoms with Crippen molar-refractivity contribution >= 4 is 0 Å². The molecule has 0 heterocycles. The Labute approximate surface area is 115 Å². The van der Waals surface area contributed by atoms with Crippen LogP contribution in [0.4, 0.5) is 0 Å². The van der Waals surface area contributed by atoms with E-state index in [9.17, 15) is 0 Å². The fourth-order valence-electron chi connectivity index (χ4n) is 2.85. The van der Waals surface area contributed by atoms with Crippen LogP contribution in [0.1, 0.15) is 48.5 Å². The SMILES string of the molecule is C=C(C)C(C)C(C(=C)C)C(C(=C)C)C(C)C(C)C. The lowest BCUT2D eigenvalue weighted by molar-refractivity contribution is 0.218. The predicted octanol–water partition coefficient (Wildman–Crippen LogP) is 5.88. The smallest absolute Gasteiger partial charge is 0.00778 e. The maximum atomic E-state index is 4.23. The molecule has 4 unspecified atom stereocenters. The Hall–Kier alpha value is -0.780. The van der Waals surface area contributed by atoms with Crippen molar-refractivity contribution in [3.63, 3.8) is 0 Å². The van der Waals surface area contributed by atoms with Crippen LogP contribution in [0.2, 0.25) is 0 Å².